The van der Waals surface area contributed by atoms with Gasteiger partial charge in [-0.05, 0) is 38.1 Å². The summed E-state index contributed by atoms with van der Waals surface area (Å²) in [6.45, 7) is 3.58. The third-order valence-electron chi connectivity index (χ3n) is 3.44. The molecule has 0 aliphatic carbocycles. The maximum Gasteiger partial charge on any atom is 0.339 e. The smallest absolute Gasteiger partial charge is 0.339 e. The Labute approximate surface area is 186 Å². The third kappa shape index (κ3) is 10.4. The third-order valence-corrected chi connectivity index (χ3v) is 3.44. The molecule has 0 fully saturated rings. The molecule has 166 valence electrons. The van der Waals surface area contributed by atoms with Crippen LogP contribution in [0.3, 0.4) is 0 Å². The van der Waals surface area contributed by atoms with E-state index in [2.05, 4.69) is 16.2 Å². The first-order valence-electron chi connectivity index (χ1n) is 9.43. The Kier molecular flexibility index (Phi) is 12.4. The topological polar surface area (TPSA) is 111 Å². The zero-order valence-corrected chi connectivity index (χ0v) is 17.8. The van der Waals surface area contributed by atoms with E-state index in [1.54, 1.807) is 61.5 Å². The second kappa shape index (κ2) is 15.5. The summed E-state index contributed by atoms with van der Waals surface area (Å²) in [5.74, 6) is 2.02. The fourth-order valence-corrected chi connectivity index (χ4v) is 2.04. The van der Waals surface area contributed by atoms with Crippen LogP contribution in [0.4, 0.5) is 0 Å². The number of ether oxygens (including phenoxy) is 2. The van der Waals surface area contributed by atoms with Crippen molar-refractivity contribution < 1.29 is 28.8 Å². The molecule has 0 amide bonds. The summed E-state index contributed by atoms with van der Waals surface area (Å²) in [5.41, 5.74) is 1.82. The average molecular weight is 436 g/mol. The minimum atomic E-state index is -0.381. The van der Waals surface area contributed by atoms with E-state index in [1.165, 1.54) is 6.21 Å². The highest BCUT2D eigenvalue weighted by atomic mass is 16.5. The SMILES string of the molecule is C#CCOC(=O)c1ccccc1.C/C=N/O.Cc1cc(COC(=O)c2ccccc2)on1. The van der Waals surface area contributed by atoms with E-state index in [-0.39, 0.29) is 25.2 Å². The molecule has 3 aromatic rings. The number of hydrogen-bond acceptors (Lipinski definition) is 8. The largest absolute Gasteiger partial charge is 0.454 e. The zero-order chi connectivity index (χ0) is 23.6. The molecule has 0 aliphatic rings. The van der Waals surface area contributed by atoms with Gasteiger partial charge in [0.1, 0.15) is 0 Å². The molecule has 8 heteroatoms. The van der Waals surface area contributed by atoms with Crippen molar-refractivity contribution in [3.63, 3.8) is 0 Å². The van der Waals surface area contributed by atoms with Crippen LogP contribution in [0, 0.1) is 19.3 Å². The molecule has 1 N–H and O–H groups in total. The molecule has 3 rings (SSSR count). The first-order chi connectivity index (χ1) is 15.5. The Morgan fingerprint density at radius 3 is 1.97 bits per heavy atom. The fourth-order valence-electron chi connectivity index (χ4n) is 2.04. The zero-order valence-electron chi connectivity index (χ0n) is 17.8. The number of terminal acetylenes is 1. The van der Waals surface area contributed by atoms with Crippen molar-refractivity contribution >= 4 is 18.2 Å². The van der Waals surface area contributed by atoms with Crippen LogP contribution in [0.25, 0.3) is 0 Å². The molecule has 0 spiro atoms. The summed E-state index contributed by atoms with van der Waals surface area (Å²) < 4.78 is 14.7. The van der Waals surface area contributed by atoms with Gasteiger partial charge in [-0.3, -0.25) is 0 Å². The predicted molar refractivity (Wildman–Crippen MR) is 118 cm³/mol. The number of carbonyl (C=O) groups excluding carboxylic acids is 2. The number of rotatable bonds is 5. The first-order valence-corrected chi connectivity index (χ1v) is 9.43. The Balaban J connectivity index is 0.000000283. The molecule has 0 saturated carbocycles. The van der Waals surface area contributed by atoms with E-state index in [0.29, 0.717) is 16.9 Å². The normalized spacial score (nSPS) is 9.41. The van der Waals surface area contributed by atoms with Crippen LogP contribution in [0.1, 0.15) is 39.1 Å². The lowest BCUT2D eigenvalue weighted by Crippen LogP contribution is -2.04. The maximum atomic E-state index is 11.5. The highest BCUT2D eigenvalue weighted by Gasteiger charge is 2.08. The second-order valence-electron chi connectivity index (χ2n) is 5.90. The first kappa shape index (κ1) is 25.7. The second-order valence-corrected chi connectivity index (χ2v) is 5.90. The fraction of sp³-hybridized carbons (Fsp3) is 0.167. The molecule has 0 unspecified atom stereocenters. The predicted octanol–water partition coefficient (Wildman–Crippen LogP) is 4.28. The molecule has 2 aromatic carbocycles. The van der Waals surface area contributed by atoms with Gasteiger partial charge in [0, 0.05) is 12.3 Å². The van der Waals surface area contributed by atoms with Crippen molar-refractivity contribution in [2.45, 2.75) is 20.5 Å². The summed E-state index contributed by atoms with van der Waals surface area (Å²) in [7, 11) is 0. The minimum Gasteiger partial charge on any atom is -0.454 e. The lowest BCUT2D eigenvalue weighted by atomic mass is 10.2. The molecule has 0 atom stereocenters. The van der Waals surface area contributed by atoms with Crippen LogP contribution in [-0.4, -0.2) is 35.1 Å². The molecule has 0 radical (unpaired) electrons. The summed E-state index contributed by atoms with van der Waals surface area (Å²) in [6, 6.07) is 19.3. The monoisotopic (exact) mass is 436 g/mol. The van der Waals surface area contributed by atoms with Gasteiger partial charge in [0.15, 0.2) is 19.0 Å². The van der Waals surface area contributed by atoms with Gasteiger partial charge in [-0.1, -0.05) is 47.5 Å². The van der Waals surface area contributed by atoms with Gasteiger partial charge < -0.3 is 19.2 Å². The highest BCUT2D eigenvalue weighted by molar-refractivity contribution is 5.89. The van der Waals surface area contributed by atoms with Gasteiger partial charge in [-0.2, -0.15) is 0 Å². The molecule has 8 nitrogen and oxygen atoms in total. The van der Waals surface area contributed by atoms with Crippen molar-refractivity contribution in [1.82, 2.24) is 5.16 Å². The molecule has 32 heavy (non-hydrogen) atoms. The van der Waals surface area contributed by atoms with Crippen LogP contribution in [0.15, 0.2) is 76.4 Å². The summed E-state index contributed by atoms with van der Waals surface area (Å²) >= 11 is 0. The number of aromatic nitrogens is 1. The number of carbonyl (C=O) groups is 2. The Bertz CT molecular complexity index is 1000. The van der Waals surface area contributed by atoms with Crippen LogP contribution in [0.5, 0.6) is 0 Å². The minimum absolute atomic E-state index is 0.0216. The molecule has 1 aromatic heterocycles. The standard InChI is InChI=1S/C12H11NO3.C10H8O2.C2H5NO/c1-9-7-11(16-13-9)8-15-12(14)10-5-3-2-4-6-10;1-2-8-12-10(11)9-6-4-3-5-7-9;1-2-3-4/h2-7H,8H2,1H3;1,3-7H,8H2;2,4H,1H3/b;;3-2+. The number of nitrogens with zero attached hydrogens (tertiary/aromatic N) is 2. The van der Waals surface area contributed by atoms with Gasteiger partial charge in [0.2, 0.25) is 0 Å². The van der Waals surface area contributed by atoms with E-state index in [0.717, 1.165) is 5.69 Å². The van der Waals surface area contributed by atoms with Crippen molar-refractivity contribution in [2.75, 3.05) is 6.61 Å². The maximum absolute atomic E-state index is 11.5. The average Bonchev–Trinajstić information content (AvgIpc) is 3.27. The number of benzene rings is 2. The van der Waals surface area contributed by atoms with Crippen molar-refractivity contribution in [1.29, 1.82) is 0 Å². The quantitative estimate of drug-likeness (QED) is 0.209. The van der Waals surface area contributed by atoms with Crippen LogP contribution >= 0.6 is 0 Å². The summed E-state index contributed by atoms with van der Waals surface area (Å²) in [5, 5.41) is 13.8. The van der Waals surface area contributed by atoms with Crippen molar-refractivity contribution in [3.8, 4) is 12.3 Å². The van der Waals surface area contributed by atoms with E-state index in [1.807, 2.05) is 19.1 Å². The van der Waals surface area contributed by atoms with E-state index in [4.69, 9.17) is 25.6 Å². The molecule has 0 aliphatic heterocycles. The number of esters is 2. The Hall–Kier alpha value is -4.38. The highest BCUT2D eigenvalue weighted by Crippen LogP contribution is 2.07. The molecular formula is C24H24N2O6. The molecular weight excluding hydrogens is 412 g/mol. The van der Waals surface area contributed by atoms with Crippen LogP contribution in [0.2, 0.25) is 0 Å². The lowest BCUT2D eigenvalue weighted by molar-refractivity contribution is 0.0436. The number of hydrogen-bond donors (Lipinski definition) is 1. The molecule has 0 saturated heterocycles. The Morgan fingerprint density at radius 1 is 1.06 bits per heavy atom. The Morgan fingerprint density at radius 2 is 1.56 bits per heavy atom. The van der Waals surface area contributed by atoms with E-state index >= 15 is 0 Å². The summed E-state index contributed by atoms with van der Waals surface area (Å²) in [4.78, 5) is 22.6. The molecule has 1 heterocycles. The number of oxime groups is 1. The summed E-state index contributed by atoms with van der Waals surface area (Å²) in [6.07, 6.45) is 6.23. The van der Waals surface area contributed by atoms with Gasteiger partial charge in [0.25, 0.3) is 0 Å². The van der Waals surface area contributed by atoms with Crippen LogP contribution < -0.4 is 0 Å². The van der Waals surface area contributed by atoms with E-state index in [9.17, 15) is 9.59 Å². The lowest BCUT2D eigenvalue weighted by Gasteiger charge is -2.01. The van der Waals surface area contributed by atoms with Gasteiger partial charge in [-0.15, -0.1) is 11.6 Å². The molecule has 0 bridgehead atoms. The van der Waals surface area contributed by atoms with E-state index < -0.39 is 0 Å². The van der Waals surface area contributed by atoms with Gasteiger partial charge in [0.05, 0.1) is 16.8 Å². The van der Waals surface area contributed by atoms with Crippen molar-refractivity contribution in [2.24, 2.45) is 5.16 Å². The van der Waals surface area contributed by atoms with Gasteiger partial charge in [-0.25, -0.2) is 9.59 Å². The van der Waals surface area contributed by atoms with Crippen LogP contribution in [-0.2, 0) is 16.1 Å². The van der Waals surface area contributed by atoms with Crippen molar-refractivity contribution in [3.05, 3.63) is 89.3 Å². The van der Waals surface area contributed by atoms with Gasteiger partial charge >= 0.3 is 11.9 Å². The number of aryl methyl sites for hydroxylation is 1.